The lowest BCUT2D eigenvalue weighted by molar-refractivity contribution is 0.259. The molecule has 1 aromatic carbocycles. The second-order valence-corrected chi connectivity index (χ2v) is 4.92. The molecule has 1 fully saturated rings. The summed E-state index contributed by atoms with van der Waals surface area (Å²) in [6.07, 6.45) is 1.19. The molecule has 0 bridgehead atoms. The van der Waals surface area contributed by atoms with Gasteiger partial charge in [-0.1, -0.05) is 6.07 Å². The van der Waals surface area contributed by atoms with E-state index in [4.69, 9.17) is 5.73 Å². The molecule has 1 atom stereocenters. The van der Waals surface area contributed by atoms with Gasteiger partial charge in [-0.2, -0.15) is 11.8 Å². The van der Waals surface area contributed by atoms with Crippen LogP contribution < -0.4 is 16.4 Å². The van der Waals surface area contributed by atoms with Crippen LogP contribution in [0.2, 0.25) is 0 Å². The van der Waals surface area contributed by atoms with Crippen molar-refractivity contribution in [3.63, 3.8) is 0 Å². The van der Waals surface area contributed by atoms with Gasteiger partial charge in [-0.3, -0.25) is 0 Å². The maximum atomic E-state index is 10.7. The Labute approximate surface area is 99.0 Å². The Balaban J connectivity index is 2.00. The van der Waals surface area contributed by atoms with Gasteiger partial charge in [0.05, 0.1) is 0 Å². The zero-order valence-corrected chi connectivity index (χ0v) is 9.72. The van der Waals surface area contributed by atoms with Crippen LogP contribution in [0.15, 0.2) is 24.3 Å². The monoisotopic (exact) mass is 237 g/mol. The van der Waals surface area contributed by atoms with Gasteiger partial charge in [0.15, 0.2) is 0 Å². The van der Waals surface area contributed by atoms with E-state index in [0.717, 1.165) is 17.1 Å². The molecule has 4 nitrogen and oxygen atoms in total. The fourth-order valence-electron chi connectivity index (χ4n) is 1.71. The highest BCUT2D eigenvalue weighted by Gasteiger charge is 2.14. The fraction of sp³-hybridized carbons (Fsp3) is 0.364. The molecular formula is C11H15N3OS. The maximum absolute atomic E-state index is 10.7. The molecule has 1 unspecified atom stereocenters. The summed E-state index contributed by atoms with van der Waals surface area (Å²) in [5.74, 6) is 2.37. The highest BCUT2D eigenvalue weighted by molar-refractivity contribution is 7.99. The minimum Gasteiger partial charge on any atom is -0.381 e. The lowest BCUT2D eigenvalue weighted by Crippen LogP contribution is -2.20. The van der Waals surface area contributed by atoms with E-state index in [0.29, 0.717) is 6.04 Å². The van der Waals surface area contributed by atoms with E-state index in [1.165, 1.54) is 12.2 Å². The van der Waals surface area contributed by atoms with Crippen LogP contribution in [0.1, 0.15) is 6.42 Å². The number of benzene rings is 1. The number of carbonyl (C=O) groups is 1. The number of anilines is 2. The summed E-state index contributed by atoms with van der Waals surface area (Å²) in [5, 5.41) is 6.01. The number of amides is 2. The predicted octanol–water partition coefficient (Wildman–Crippen LogP) is 2.09. The molecule has 1 aliphatic rings. The highest BCUT2D eigenvalue weighted by Crippen LogP contribution is 2.22. The van der Waals surface area contributed by atoms with Crippen LogP contribution in [0, 0.1) is 0 Å². The van der Waals surface area contributed by atoms with E-state index in [1.807, 2.05) is 36.0 Å². The maximum Gasteiger partial charge on any atom is 0.316 e. The summed E-state index contributed by atoms with van der Waals surface area (Å²) in [6.45, 7) is 0. The van der Waals surface area contributed by atoms with Crippen molar-refractivity contribution >= 4 is 29.2 Å². The molecule has 5 heteroatoms. The van der Waals surface area contributed by atoms with Crippen LogP contribution in [-0.4, -0.2) is 23.6 Å². The minimum absolute atomic E-state index is 0.534. The van der Waals surface area contributed by atoms with Crippen molar-refractivity contribution in [3.05, 3.63) is 24.3 Å². The standard InChI is InChI=1S/C11H15N3OS/c12-11(15)14-9-3-1-2-8(6-9)13-10-4-5-16-7-10/h1-3,6,10,13H,4-5,7H2,(H3,12,14,15). The zero-order chi connectivity index (χ0) is 11.4. The molecule has 2 amide bonds. The molecule has 86 valence electrons. The summed E-state index contributed by atoms with van der Waals surface area (Å²) < 4.78 is 0. The molecule has 0 radical (unpaired) electrons. The van der Waals surface area contributed by atoms with Gasteiger partial charge in [0, 0.05) is 23.2 Å². The third-order valence-corrected chi connectivity index (χ3v) is 3.59. The quantitative estimate of drug-likeness (QED) is 0.754. The Morgan fingerprint density at radius 3 is 2.94 bits per heavy atom. The van der Waals surface area contributed by atoms with E-state index < -0.39 is 6.03 Å². The topological polar surface area (TPSA) is 67.2 Å². The van der Waals surface area contributed by atoms with Crippen molar-refractivity contribution in [3.8, 4) is 0 Å². The molecule has 4 N–H and O–H groups in total. The lowest BCUT2D eigenvalue weighted by atomic mass is 10.2. The van der Waals surface area contributed by atoms with Gasteiger partial charge in [0.1, 0.15) is 0 Å². The van der Waals surface area contributed by atoms with E-state index in [9.17, 15) is 4.79 Å². The largest absolute Gasteiger partial charge is 0.381 e. The Bertz CT molecular complexity index is 377. The molecule has 1 heterocycles. The summed E-state index contributed by atoms with van der Waals surface area (Å²) >= 11 is 1.96. The molecule has 2 rings (SSSR count). The molecule has 0 aromatic heterocycles. The number of nitrogens with one attached hydrogen (secondary N) is 2. The third-order valence-electron chi connectivity index (χ3n) is 2.43. The van der Waals surface area contributed by atoms with Crippen molar-refractivity contribution < 1.29 is 4.79 Å². The van der Waals surface area contributed by atoms with Gasteiger partial charge >= 0.3 is 6.03 Å². The molecule has 1 aliphatic heterocycles. The zero-order valence-electron chi connectivity index (χ0n) is 8.90. The van der Waals surface area contributed by atoms with Crippen molar-refractivity contribution in [2.45, 2.75) is 12.5 Å². The summed E-state index contributed by atoms with van der Waals surface area (Å²) in [4.78, 5) is 10.7. The van der Waals surface area contributed by atoms with Gasteiger partial charge < -0.3 is 16.4 Å². The molecular weight excluding hydrogens is 222 g/mol. The Morgan fingerprint density at radius 2 is 2.25 bits per heavy atom. The van der Waals surface area contributed by atoms with E-state index in [2.05, 4.69) is 10.6 Å². The van der Waals surface area contributed by atoms with Gasteiger partial charge in [0.25, 0.3) is 0 Å². The average molecular weight is 237 g/mol. The Kier molecular flexibility index (Phi) is 3.56. The number of nitrogens with two attached hydrogens (primary N) is 1. The van der Waals surface area contributed by atoms with E-state index >= 15 is 0 Å². The predicted molar refractivity (Wildman–Crippen MR) is 69.0 cm³/mol. The van der Waals surface area contributed by atoms with Crippen LogP contribution in [-0.2, 0) is 0 Å². The van der Waals surface area contributed by atoms with E-state index in [1.54, 1.807) is 0 Å². The first kappa shape index (κ1) is 11.1. The van der Waals surface area contributed by atoms with Crippen LogP contribution in [0.4, 0.5) is 16.2 Å². The number of rotatable bonds is 3. The Morgan fingerprint density at radius 1 is 1.44 bits per heavy atom. The van der Waals surface area contributed by atoms with Gasteiger partial charge in [-0.25, -0.2) is 4.79 Å². The van der Waals surface area contributed by atoms with Crippen molar-refractivity contribution in [2.75, 3.05) is 22.1 Å². The fourth-order valence-corrected chi connectivity index (χ4v) is 2.87. The summed E-state index contributed by atoms with van der Waals surface area (Å²) in [7, 11) is 0. The van der Waals surface area contributed by atoms with Crippen LogP contribution in [0.5, 0.6) is 0 Å². The second-order valence-electron chi connectivity index (χ2n) is 3.77. The molecule has 1 saturated heterocycles. The van der Waals surface area contributed by atoms with Gasteiger partial charge in [0.2, 0.25) is 0 Å². The number of urea groups is 1. The van der Waals surface area contributed by atoms with Crippen LogP contribution in [0.3, 0.4) is 0 Å². The first-order valence-corrected chi connectivity index (χ1v) is 6.40. The van der Waals surface area contributed by atoms with Crippen molar-refractivity contribution in [1.29, 1.82) is 0 Å². The number of hydrogen-bond donors (Lipinski definition) is 3. The first-order chi connectivity index (χ1) is 7.74. The number of carbonyl (C=O) groups excluding carboxylic acids is 1. The third kappa shape index (κ3) is 3.06. The molecule has 1 aromatic rings. The second kappa shape index (κ2) is 5.12. The van der Waals surface area contributed by atoms with Crippen molar-refractivity contribution in [2.24, 2.45) is 5.73 Å². The highest BCUT2D eigenvalue weighted by atomic mass is 32.2. The average Bonchev–Trinajstić information content (AvgIpc) is 2.70. The number of primary amides is 1. The summed E-state index contributed by atoms with van der Waals surface area (Å²) in [6, 6.07) is 7.61. The first-order valence-electron chi connectivity index (χ1n) is 5.25. The molecule has 0 saturated carbocycles. The smallest absolute Gasteiger partial charge is 0.316 e. The van der Waals surface area contributed by atoms with Crippen LogP contribution >= 0.6 is 11.8 Å². The molecule has 0 aliphatic carbocycles. The van der Waals surface area contributed by atoms with Crippen molar-refractivity contribution in [1.82, 2.24) is 0 Å². The van der Waals surface area contributed by atoms with Gasteiger partial charge in [-0.15, -0.1) is 0 Å². The number of thioether (sulfide) groups is 1. The lowest BCUT2D eigenvalue weighted by Gasteiger charge is -2.13. The minimum atomic E-state index is -0.534. The van der Waals surface area contributed by atoms with Crippen LogP contribution in [0.25, 0.3) is 0 Å². The SMILES string of the molecule is NC(=O)Nc1cccc(NC2CCSC2)c1. The molecule has 16 heavy (non-hydrogen) atoms. The normalized spacial score (nSPS) is 19.4. The molecule has 0 spiro atoms. The number of hydrogen-bond acceptors (Lipinski definition) is 3. The van der Waals surface area contributed by atoms with E-state index in [-0.39, 0.29) is 0 Å². The van der Waals surface area contributed by atoms with Gasteiger partial charge in [-0.05, 0) is 30.4 Å². The Hall–Kier alpha value is -1.36. The summed E-state index contributed by atoms with van der Waals surface area (Å²) in [5.41, 5.74) is 6.82.